The molecule has 0 bridgehead atoms. The van der Waals surface area contributed by atoms with Crippen LogP contribution in [-0.4, -0.2) is 20.6 Å². The van der Waals surface area contributed by atoms with Gasteiger partial charge in [-0.05, 0) is 49.4 Å². The van der Waals surface area contributed by atoms with E-state index in [1.807, 2.05) is 12.1 Å². The molecule has 8 nitrogen and oxygen atoms in total. The summed E-state index contributed by atoms with van der Waals surface area (Å²) >= 11 is 0. The summed E-state index contributed by atoms with van der Waals surface area (Å²) < 4.78 is 1.26. The Morgan fingerprint density at radius 3 is 2.96 bits per heavy atom. The lowest BCUT2D eigenvalue weighted by atomic mass is 9.87. The number of carbonyl (C=O) groups excluding carboxylic acids is 1. The first-order chi connectivity index (χ1) is 11.4. The molecule has 0 fully saturated rings. The first kappa shape index (κ1) is 16.0. The Morgan fingerprint density at radius 1 is 1.50 bits per heavy atom. The summed E-state index contributed by atoms with van der Waals surface area (Å²) in [5, 5.41) is 18.2. The van der Waals surface area contributed by atoms with Gasteiger partial charge in [0.25, 0.3) is 5.91 Å². The fraction of sp³-hybridized carbons (Fsp3) is 0.375. The summed E-state index contributed by atoms with van der Waals surface area (Å²) in [4.78, 5) is 23.3. The van der Waals surface area contributed by atoms with Crippen LogP contribution in [0.3, 0.4) is 0 Å². The monoisotopic (exact) mass is 329 g/mol. The van der Waals surface area contributed by atoms with E-state index in [1.54, 1.807) is 6.07 Å². The molecular weight excluding hydrogens is 310 g/mol. The van der Waals surface area contributed by atoms with E-state index in [-0.39, 0.29) is 23.1 Å². The molecule has 1 heterocycles. The van der Waals surface area contributed by atoms with Crippen molar-refractivity contribution in [2.75, 3.05) is 5.73 Å². The summed E-state index contributed by atoms with van der Waals surface area (Å²) in [5.74, 6) is -0.487. The standard InChI is InChI=1S/C16H19N5O3/c1-9-14(21(23)24)15(20(2)19-9)16(22)18-13-5-3-4-10-8-11(17)6-7-12(10)13/h6-8,13H,3-5,17H2,1-2H3,(H,18,22). The molecule has 1 unspecified atom stereocenters. The number of benzene rings is 1. The molecule has 126 valence electrons. The van der Waals surface area contributed by atoms with Crippen LogP contribution in [0.2, 0.25) is 0 Å². The molecule has 0 aliphatic heterocycles. The minimum absolute atomic E-state index is 0.0277. The van der Waals surface area contributed by atoms with E-state index in [1.165, 1.54) is 18.7 Å². The van der Waals surface area contributed by atoms with Crippen molar-refractivity contribution in [3.8, 4) is 0 Å². The maximum Gasteiger partial charge on any atom is 0.322 e. The number of aromatic nitrogens is 2. The molecule has 1 aromatic carbocycles. The molecule has 1 aliphatic rings. The second-order valence-corrected chi connectivity index (χ2v) is 6.04. The zero-order chi connectivity index (χ0) is 17.4. The number of fused-ring (bicyclic) bond motifs is 1. The molecule has 1 aromatic heterocycles. The van der Waals surface area contributed by atoms with Crippen LogP contribution in [0.1, 0.15) is 46.2 Å². The number of nitrogens with zero attached hydrogens (tertiary/aromatic N) is 3. The molecule has 3 rings (SSSR count). The molecule has 1 amide bonds. The third-order valence-corrected chi connectivity index (χ3v) is 4.37. The summed E-state index contributed by atoms with van der Waals surface area (Å²) in [5.41, 5.74) is 8.60. The maximum atomic E-state index is 12.6. The van der Waals surface area contributed by atoms with E-state index in [2.05, 4.69) is 10.4 Å². The third kappa shape index (κ3) is 2.70. The zero-order valence-electron chi connectivity index (χ0n) is 13.6. The van der Waals surface area contributed by atoms with Crippen molar-refractivity contribution in [3.63, 3.8) is 0 Å². The highest BCUT2D eigenvalue weighted by Gasteiger charge is 2.31. The number of nitrogens with two attached hydrogens (primary N) is 1. The van der Waals surface area contributed by atoms with E-state index in [0.717, 1.165) is 30.4 Å². The number of nitrogens with one attached hydrogen (secondary N) is 1. The van der Waals surface area contributed by atoms with Crippen molar-refractivity contribution in [2.45, 2.75) is 32.2 Å². The number of hydrogen-bond donors (Lipinski definition) is 2. The summed E-state index contributed by atoms with van der Waals surface area (Å²) in [6, 6.07) is 5.46. The van der Waals surface area contributed by atoms with Gasteiger partial charge >= 0.3 is 5.69 Å². The Morgan fingerprint density at radius 2 is 2.25 bits per heavy atom. The number of rotatable bonds is 3. The molecule has 8 heteroatoms. The molecule has 0 radical (unpaired) electrons. The lowest BCUT2D eigenvalue weighted by Gasteiger charge is -2.26. The number of aryl methyl sites for hydroxylation is 3. The van der Waals surface area contributed by atoms with Crippen LogP contribution in [-0.2, 0) is 13.5 Å². The SMILES string of the molecule is Cc1nn(C)c(C(=O)NC2CCCc3cc(N)ccc32)c1[N+](=O)[O-]. The molecule has 0 saturated carbocycles. The minimum Gasteiger partial charge on any atom is -0.399 e. The number of amides is 1. The average molecular weight is 329 g/mol. The van der Waals surface area contributed by atoms with E-state index >= 15 is 0 Å². The Hall–Kier alpha value is -2.90. The molecule has 0 spiro atoms. The Bertz CT molecular complexity index is 827. The van der Waals surface area contributed by atoms with Gasteiger partial charge < -0.3 is 11.1 Å². The van der Waals surface area contributed by atoms with Gasteiger partial charge in [-0.1, -0.05) is 6.07 Å². The van der Waals surface area contributed by atoms with Gasteiger partial charge in [0.05, 0.1) is 11.0 Å². The van der Waals surface area contributed by atoms with Gasteiger partial charge in [-0.15, -0.1) is 0 Å². The van der Waals surface area contributed by atoms with Crippen LogP contribution >= 0.6 is 0 Å². The third-order valence-electron chi connectivity index (χ3n) is 4.37. The van der Waals surface area contributed by atoms with Crippen molar-refractivity contribution < 1.29 is 9.72 Å². The fourth-order valence-electron chi connectivity index (χ4n) is 3.33. The normalized spacial score (nSPS) is 16.5. The van der Waals surface area contributed by atoms with Gasteiger partial charge in [0.1, 0.15) is 5.69 Å². The minimum atomic E-state index is -0.563. The van der Waals surface area contributed by atoms with E-state index < -0.39 is 10.8 Å². The van der Waals surface area contributed by atoms with Gasteiger partial charge in [-0.25, -0.2) is 0 Å². The van der Waals surface area contributed by atoms with Gasteiger partial charge in [0, 0.05) is 12.7 Å². The van der Waals surface area contributed by atoms with Gasteiger partial charge in [0.15, 0.2) is 0 Å². The van der Waals surface area contributed by atoms with Crippen molar-refractivity contribution >= 4 is 17.3 Å². The lowest BCUT2D eigenvalue weighted by Crippen LogP contribution is -2.32. The summed E-state index contributed by atoms with van der Waals surface area (Å²) in [6.07, 6.45) is 2.62. The highest BCUT2D eigenvalue weighted by Crippen LogP contribution is 2.32. The van der Waals surface area contributed by atoms with E-state index in [4.69, 9.17) is 5.73 Å². The predicted octanol–water partition coefficient (Wildman–Crippen LogP) is 2.03. The first-order valence-electron chi connectivity index (χ1n) is 7.75. The molecule has 24 heavy (non-hydrogen) atoms. The molecule has 2 aromatic rings. The van der Waals surface area contributed by atoms with Crippen LogP contribution in [0.25, 0.3) is 0 Å². The van der Waals surface area contributed by atoms with Gasteiger partial charge in [-0.2, -0.15) is 5.10 Å². The smallest absolute Gasteiger partial charge is 0.322 e. The van der Waals surface area contributed by atoms with Crippen LogP contribution in [0.5, 0.6) is 0 Å². The van der Waals surface area contributed by atoms with Gasteiger partial charge in [-0.3, -0.25) is 19.6 Å². The summed E-state index contributed by atoms with van der Waals surface area (Å²) in [6.45, 7) is 1.52. The van der Waals surface area contributed by atoms with Crippen molar-refractivity contribution in [2.24, 2.45) is 7.05 Å². The highest BCUT2D eigenvalue weighted by atomic mass is 16.6. The second kappa shape index (κ2) is 5.95. The molecule has 0 saturated heterocycles. The van der Waals surface area contributed by atoms with E-state index in [0.29, 0.717) is 5.69 Å². The number of carbonyl (C=O) groups is 1. The lowest BCUT2D eigenvalue weighted by molar-refractivity contribution is -0.385. The summed E-state index contributed by atoms with van der Waals surface area (Å²) in [7, 11) is 1.53. The Labute approximate surface area is 138 Å². The predicted molar refractivity (Wildman–Crippen MR) is 88.6 cm³/mol. The maximum absolute atomic E-state index is 12.6. The van der Waals surface area contributed by atoms with Crippen LogP contribution in [0.15, 0.2) is 18.2 Å². The molecule has 3 N–H and O–H groups in total. The number of anilines is 1. The number of hydrogen-bond acceptors (Lipinski definition) is 5. The Kier molecular flexibility index (Phi) is 3.96. The Balaban J connectivity index is 1.91. The first-order valence-corrected chi connectivity index (χ1v) is 7.75. The highest BCUT2D eigenvalue weighted by molar-refractivity contribution is 5.97. The van der Waals surface area contributed by atoms with Crippen molar-refractivity contribution in [1.82, 2.24) is 15.1 Å². The zero-order valence-corrected chi connectivity index (χ0v) is 13.6. The molecular formula is C16H19N5O3. The van der Waals surface area contributed by atoms with Crippen molar-refractivity contribution in [1.29, 1.82) is 0 Å². The molecule has 1 aliphatic carbocycles. The van der Waals surface area contributed by atoms with E-state index in [9.17, 15) is 14.9 Å². The molecule has 1 atom stereocenters. The van der Waals surface area contributed by atoms with Gasteiger partial charge in [0.2, 0.25) is 5.69 Å². The number of nitrogen functional groups attached to an aromatic ring is 1. The number of nitro groups is 1. The average Bonchev–Trinajstić information content (AvgIpc) is 2.81. The quantitative estimate of drug-likeness (QED) is 0.508. The van der Waals surface area contributed by atoms with Crippen LogP contribution in [0, 0.1) is 17.0 Å². The fourth-order valence-corrected chi connectivity index (χ4v) is 3.33. The second-order valence-electron chi connectivity index (χ2n) is 6.04. The van der Waals surface area contributed by atoms with Crippen LogP contribution in [0.4, 0.5) is 11.4 Å². The topological polar surface area (TPSA) is 116 Å². The largest absolute Gasteiger partial charge is 0.399 e. The van der Waals surface area contributed by atoms with Crippen molar-refractivity contribution in [3.05, 3.63) is 50.8 Å². The van der Waals surface area contributed by atoms with Crippen LogP contribution < -0.4 is 11.1 Å².